The minimum absolute atomic E-state index is 0.184. The van der Waals surface area contributed by atoms with E-state index in [1.165, 1.54) is 44.9 Å². The number of hydrogen-bond donors (Lipinski definition) is 0. The van der Waals surface area contributed by atoms with Gasteiger partial charge in [-0.1, -0.05) is 26.3 Å². The Morgan fingerprint density at radius 1 is 1.50 bits per heavy atom. The molecule has 0 spiro atoms. The third-order valence-corrected chi connectivity index (χ3v) is 4.14. The first-order valence-electron chi connectivity index (χ1n) is 6.07. The highest BCUT2D eigenvalue weighted by Crippen LogP contribution is 2.48. The Morgan fingerprint density at radius 3 is 3.07 bits per heavy atom. The second-order valence-electron chi connectivity index (χ2n) is 5.14. The van der Waals surface area contributed by atoms with E-state index in [-0.39, 0.29) is 5.60 Å². The zero-order chi connectivity index (χ0) is 10.0. The van der Waals surface area contributed by atoms with E-state index in [1.807, 2.05) is 0 Å². The van der Waals surface area contributed by atoms with Crippen LogP contribution in [-0.4, -0.2) is 5.60 Å². The minimum Gasteiger partial charge on any atom is -0.495 e. The summed E-state index contributed by atoms with van der Waals surface area (Å²) in [5.74, 6) is 1.83. The van der Waals surface area contributed by atoms with Gasteiger partial charge in [0.05, 0.1) is 6.26 Å². The molecule has 0 aromatic heterocycles. The largest absolute Gasteiger partial charge is 0.495 e. The third kappa shape index (κ3) is 1.82. The lowest BCUT2D eigenvalue weighted by atomic mass is 9.64. The summed E-state index contributed by atoms with van der Waals surface area (Å²) in [5.41, 5.74) is 0.184. The molecular weight excluding hydrogens is 172 g/mol. The summed E-state index contributed by atoms with van der Waals surface area (Å²) in [6.07, 6.45) is 11.0. The van der Waals surface area contributed by atoms with Gasteiger partial charge < -0.3 is 4.74 Å². The van der Waals surface area contributed by atoms with Crippen molar-refractivity contribution in [2.45, 2.75) is 57.5 Å². The summed E-state index contributed by atoms with van der Waals surface area (Å²) < 4.78 is 5.84. The molecule has 0 aromatic rings. The average molecular weight is 194 g/mol. The van der Waals surface area contributed by atoms with E-state index in [2.05, 4.69) is 13.5 Å². The second kappa shape index (κ2) is 3.96. The lowest BCUT2D eigenvalue weighted by Gasteiger charge is -2.47. The van der Waals surface area contributed by atoms with E-state index in [4.69, 9.17) is 4.74 Å². The molecule has 14 heavy (non-hydrogen) atoms. The highest BCUT2D eigenvalue weighted by atomic mass is 16.5. The van der Waals surface area contributed by atoms with Crippen LogP contribution < -0.4 is 0 Å². The van der Waals surface area contributed by atoms with Crippen molar-refractivity contribution in [2.75, 3.05) is 0 Å². The number of rotatable bonds is 3. The highest BCUT2D eigenvalue weighted by molar-refractivity contribution is 4.95. The number of ether oxygens (including phenoxy) is 1. The fraction of sp³-hybridized carbons (Fsp3) is 0.846. The van der Waals surface area contributed by atoms with E-state index >= 15 is 0 Å². The smallest absolute Gasteiger partial charge is 0.109 e. The van der Waals surface area contributed by atoms with Crippen LogP contribution in [0.3, 0.4) is 0 Å². The van der Waals surface area contributed by atoms with Gasteiger partial charge in [-0.3, -0.25) is 0 Å². The number of fused-ring (bicyclic) bond motifs is 2. The molecule has 0 aromatic carbocycles. The normalized spacial score (nSPS) is 41.8. The molecule has 0 N–H and O–H groups in total. The molecule has 2 rings (SSSR count). The molecule has 2 fully saturated rings. The molecule has 2 aliphatic rings. The van der Waals surface area contributed by atoms with Crippen LogP contribution >= 0.6 is 0 Å². The van der Waals surface area contributed by atoms with Gasteiger partial charge in [0.2, 0.25) is 0 Å². The summed E-state index contributed by atoms with van der Waals surface area (Å²) in [6, 6.07) is 0. The van der Waals surface area contributed by atoms with Gasteiger partial charge in [0.25, 0.3) is 0 Å². The zero-order valence-corrected chi connectivity index (χ0v) is 9.30. The van der Waals surface area contributed by atoms with Crippen molar-refractivity contribution in [3.05, 3.63) is 12.8 Å². The molecule has 0 saturated heterocycles. The van der Waals surface area contributed by atoms with Gasteiger partial charge in [0.15, 0.2) is 0 Å². The lowest BCUT2D eigenvalue weighted by molar-refractivity contribution is -0.0764. The Balaban J connectivity index is 2.09. The van der Waals surface area contributed by atoms with Crippen molar-refractivity contribution in [3.8, 4) is 0 Å². The Kier molecular flexibility index (Phi) is 2.85. The molecule has 0 heterocycles. The molecule has 3 atom stereocenters. The van der Waals surface area contributed by atoms with Gasteiger partial charge in [-0.15, -0.1) is 0 Å². The first-order valence-corrected chi connectivity index (χ1v) is 6.07. The van der Waals surface area contributed by atoms with Crippen LogP contribution in [0.2, 0.25) is 0 Å². The third-order valence-electron chi connectivity index (χ3n) is 4.14. The Morgan fingerprint density at radius 2 is 2.36 bits per heavy atom. The summed E-state index contributed by atoms with van der Waals surface area (Å²) in [7, 11) is 0. The SMILES string of the molecule is C=COC12CCCC(CC(CC)C1)C2. The molecule has 0 aliphatic heterocycles. The molecular formula is C13H22O. The van der Waals surface area contributed by atoms with Gasteiger partial charge in [-0.05, 0) is 43.9 Å². The van der Waals surface area contributed by atoms with Crippen molar-refractivity contribution in [2.24, 2.45) is 11.8 Å². The van der Waals surface area contributed by atoms with Crippen molar-refractivity contribution >= 4 is 0 Å². The predicted molar refractivity (Wildman–Crippen MR) is 59.0 cm³/mol. The Hall–Kier alpha value is -0.460. The summed E-state index contributed by atoms with van der Waals surface area (Å²) >= 11 is 0. The Labute approximate surface area is 87.5 Å². The van der Waals surface area contributed by atoms with Crippen LogP contribution in [0.25, 0.3) is 0 Å². The molecule has 2 saturated carbocycles. The van der Waals surface area contributed by atoms with Crippen molar-refractivity contribution in [1.29, 1.82) is 0 Å². The van der Waals surface area contributed by atoms with Crippen LogP contribution in [0, 0.1) is 11.8 Å². The van der Waals surface area contributed by atoms with Gasteiger partial charge in [0, 0.05) is 0 Å². The van der Waals surface area contributed by atoms with E-state index in [1.54, 1.807) is 6.26 Å². The molecule has 3 unspecified atom stereocenters. The molecule has 1 nitrogen and oxygen atoms in total. The first kappa shape index (κ1) is 10.1. The molecule has 0 amide bonds. The van der Waals surface area contributed by atoms with E-state index in [9.17, 15) is 0 Å². The van der Waals surface area contributed by atoms with Gasteiger partial charge in [-0.25, -0.2) is 0 Å². The van der Waals surface area contributed by atoms with Crippen LogP contribution in [0.15, 0.2) is 12.8 Å². The standard InChI is InChI=1S/C13H22O/c1-3-11-8-12-6-5-7-13(9-11,10-12)14-4-2/h4,11-12H,2-3,5-10H2,1H3. The van der Waals surface area contributed by atoms with E-state index in [0.717, 1.165) is 11.8 Å². The topological polar surface area (TPSA) is 9.23 Å². The minimum atomic E-state index is 0.184. The average Bonchev–Trinajstić information content (AvgIpc) is 2.17. The van der Waals surface area contributed by atoms with E-state index < -0.39 is 0 Å². The quantitative estimate of drug-likeness (QED) is 0.619. The maximum absolute atomic E-state index is 5.84. The van der Waals surface area contributed by atoms with Crippen LogP contribution in [-0.2, 0) is 4.74 Å². The maximum Gasteiger partial charge on any atom is 0.109 e. The summed E-state index contributed by atoms with van der Waals surface area (Å²) in [6.45, 7) is 6.04. The highest BCUT2D eigenvalue weighted by Gasteiger charge is 2.43. The summed E-state index contributed by atoms with van der Waals surface area (Å²) in [4.78, 5) is 0. The Bertz CT molecular complexity index is 211. The van der Waals surface area contributed by atoms with Crippen LogP contribution in [0.5, 0.6) is 0 Å². The molecule has 1 heteroatoms. The number of hydrogen-bond acceptors (Lipinski definition) is 1. The van der Waals surface area contributed by atoms with Crippen molar-refractivity contribution < 1.29 is 4.74 Å². The van der Waals surface area contributed by atoms with Gasteiger partial charge in [0.1, 0.15) is 5.60 Å². The van der Waals surface area contributed by atoms with Crippen molar-refractivity contribution in [3.63, 3.8) is 0 Å². The first-order chi connectivity index (χ1) is 6.78. The fourth-order valence-electron chi connectivity index (χ4n) is 3.55. The molecule has 80 valence electrons. The lowest BCUT2D eigenvalue weighted by Crippen LogP contribution is -2.43. The van der Waals surface area contributed by atoms with E-state index in [0.29, 0.717) is 0 Å². The summed E-state index contributed by atoms with van der Waals surface area (Å²) in [5, 5.41) is 0. The van der Waals surface area contributed by atoms with Crippen LogP contribution in [0.1, 0.15) is 51.9 Å². The second-order valence-corrected chi connectivity index (χ2v) is 5.14. The van der Waals surface area contributed by atoms with Gasteiger partial charge in [-0.2, -0.15) is 0 Å². The zero-order valence-electron chi connectivity index (χ0n) is 9.30. The monoisotopic (exact) mass is 194 g/mol. The van der Waals surface area contributed by atoms with Crippen molar-refractivity contribution in [1.82, 2.24) is 0 Å². The molecule has 2 aliphatic carbocycles. The van der Waals surface area contributed by atoms with Gasteiger partial charge >= 0.3 is 0 Å². The fourth-order valence-corrected chi connectivity index (χ4v) is 3.55. The molecule has 2 bridgehead atoms. The predicted octanol–water partition coefficient (Wildman–Crippen LogP) is 3.90. The van der Waals surface area contributed by atoms with Crippen LogP contribution in [0.4, 0.5) is 0 Å². The molecule has 0 radical (unpaired) electrons. The maximum atomic E-state index is 5.84.